The van der Waals surface area contributed by atoms with Crippen molar-refractivity contribution in [2.45, 2.75) is 141 Å². The van der Waals surface area contributed by atoms with Gasteiger partial charge in [0, 0.05) is 31.0 Å². The maximum Gasteiger partial charge on any atom is 0.183 e. The Balaban J connectivity index is 3.09. The minimum atomic E-state index is -1.66. The first kappa shape index (κ1) is 44.2. The van der Waals surface area contributed by atoms with E-state index in [-0.39, 0.29) is 18.0 Å². The van der Waals surface area contributed by atoms with E-state index < -0.39 is 37.8 Å². The second-order valence-electron chi connectivity index (χ2n) is 13.7. The van der Waals surface area contributed by atoms with Crippen LogP contribution >= 0.6 is 43.0 Å². The Hall–Kier alpha value is 0.200. The third-order valence-electron chi connectivity index (χ3n) is 9.45. The van der Waals surface area contributed by atoms with E-state index in [1.54, 1.807) is 30.4 Å². The Labute approximate surface area is 295 Å². The predicted octanol–water partition coefficient (Wildman–Crippen LogP) is 8.06. The molecule has 6 unspecified atom stereocenters. The minimum Gasteiger partial charge on any atom is -0.396 e. The molecule has 6 atom stereocenters. The number of aliphatic hydroxyl groups excluding tert-OH is 5. The summed E-state index contributed by atoms with van der Waals surface area (Å²) in [6, 6.07) is 9.29. The van der Waals surface area contributed by atoms with Gasteiger partial charge in [-0.3, -0.25) is 0 Å². The van der Waals surface area contributed by atoms with E-state index >= 15 is 0 Å². The van der Waals surface area contributed by atoms with Gasteiger partial charge in [0.2, 0.25) is 0 Å². The third-order valence-corrected chi connectivity index (χ3v) is 17.2. The van der Waals surface area contributed by atoms with E-state index in [2.05, 4.69) is 58.9 Å². The van der Waals surface area contributed by atoms with Crippen molar-refractivity contribution < 1.29 is 30.3 Å². The average Bonchev–Trinajstić information content (AvgIpc) is 3.05. The van der Waals surface area contributed by atoms with Crippen LogP contribution in [-0.4, -0.2) is 96.4 Å². The van der Waals surface area contributed by atoms with Gasteiger partial charge in [-0.1, -0.05) is 89.9 Å². The van der Waals surface area contributed by atoms with Gasteiger partial charge in [-0.05, 0) is 62.8 Å². The number of ether oxygens (including phenoxy) is 1. The number of rotatable bonds is 25. The van der Waals surface area contributed by atoms with Crippen LogP contribution in [-0.2, 0) is 10.9 Å². The topological polar surface area (TPSA) is 110 Å². The van der Waals surface area contributed by atoms with Gasteiger partial charge in [0.1, 0.15) is 15.7 Å². The summed E-state index contributed by atoms with van der Waals surface area (Å²) in [5.74, 6) is -0.284. The first-order valence-electron chi connectivity index (χ1n) is 17.4. The molecule has 10 heteroatoms. The summed E-state index contributed by atoms with van der Waals surface area (Å²) >= 11 is 8.95. The van der Waals surface area contributed by atoms with Crippen LogP contribution in [0, 0.1) is 5.92 Å². The molecule has 5 N–H and O–H groups in total. The van der Waals surface area contributed by atoms with Crippen LogP contribution in [0.2, 0.25) is 0 Å². The summed E-state index contributed by atoms with van der Waals surface area (Å²) in [5.41, 5.74) is 2.73. The van der Waals surface area contributed by atoms with Crippen molar-refractivity contribution in [2.75, 3.05) is 38.0 Å². The highest BCUT2D eigenvalue weighted by molar-refractivity contribution is 8.47. The zero-order chi connectivity index (χ0) is 34.8. The zero-order valence-electron chi connectivity index (χ0n) is 29.7. The van der Waals surface area contributed by atoms with Gasteiger partial charge in [0.25, 0.3) is 0 Å². The maximum absolute atomic E-state index is 10.4. The molecule has 0 heterocycles. The fraction of sp³-hybridized carbons (Fsp3) is 0.806. The quantitative estimate of drug-likeness (QED) is 0.0297. The third kappa shape index (κ3) is 15.8. The second-order valence-corrected chi connectivity index (χ2v) is 21.7. The van der Waals surface area contributed by atoms with Crippen molar-refractivity contribution in [3.63, 3.8) is 0 Å². The minimum absolute atomic E-state index is 0.000276. The van der Waals surface area contributed by atoms with Gasteiger partial charge in [-0.2, -0.15) is 0 Å². The van der Waals surface area contributed by atoms with E-state index in [1.807, 2.05) is 6.26 Å². The molecule has 0 aliphatic rings. The Kier molecular flexibility index (Phi) is 22.7. The summed E-state index contributed by atoms with van der Waals surface area (Å²) in [7, 11) is -1.39. The van der Waals surface area contributed by atoms with Crippen LogP contribution in [0.4, 0.5) is 0 Å². The van der Waals surface area contributed by atoms with Crippen molar-refractivity contribution in [1.82, 2.24) is 0 Å². The summed E-state index contributed by atoms with van der Waals surface area (Å²) < 4.78 is 6.58. The van der Waals surface area contributed by atoms with Crippen LogP contribution in [0.5, 0.6) is 0 Å². The lowest BCUT2D eigenvalue weighted by Gasteiger charge is -2.32. The molecule has 0 amide bonds. The van der Waals surface area contributed by atoms with Crippen molar-refractivity contribution in [3.05, 3.63) is 35.4 Å². The Bertz CT molecular complexity index is 938. The SMILES string of the molecule is CCCCCC[P+](CCCCCC)(CCCOC(O)C(O)C(O)C(O)C(C)CO)Cc1ccc(C(C)C(C)(C)SC(=S)SC)cc1. The second kappa shape index (κ2) is 23.6. The van der Waals surface area contributed by atoms with Gasteiger partial charge >= 0.3 is 0 Å². The number of benzene rings is 1. The summed E-state index contributed by atoms with van der Waals surface area (Å²) in [5, 5.41) is 50.5. The van der Waals surface area contributed by atoms with Crippen LogP contribution in [0.3, 0.4) is 0 Å². The van der Waals surface area contributed by atoms with Gasteiger partial charge < -0.3 is 30.3 Å². The van der Waals surface area contributed by atoms with Crippen molar-refractivity contribution >= 4 is 46.5 Å². The van der Waals surface area contributed by atoms with Gasteiger partial charge in [0.15, 0.2) is 6.29 Å². The standard InChI is InChI=1S/C36H66O6PS3/c1-8-10-12-14-22-43(23-15-13-11-9-2,24-16-21-42-34(41)33(40)32(39)31(38)27(3)25-37)26-29-17-19-30(20-18-29)28(4)36(5,6)46-35(44)45-7/h17-20,27-28,31-34,37-41H,8-16,21-26H2,1-7H3/q+1. The molecule has 0 aliphatic heterocycles. The smallest absolute Gasteiger partial charge is 0.183 e. The number of hydrogen-bond acceptors (Lipinski definition) is 9. The Morgan fingerprint density at radius 2 is 1.37 bits per heavy atom. The number of unbranched alkanes of at least 4 members (excludes halogenated alkanes) is 6. The number of hydrogen-bond donors (Lipinski definition) is 5. The number of thiocarbonyl (C=S) groups is 1. The molecule has 268 valence electrons. The molecule has 0 fully saturated rings. The van der Waals surface area contributed by atoms with Crippen LogP contribution in [0.25, 0.3) is 0 Å². The predicted molar refractivity (Wildman–Crippen MR) is 207 cm³/mol. The van der Waals surface area contributed by atoms with Crippen molar-refractivity contribution in [3.8, 4) is 0 Å². The van der Waals surface area contributed by atoms with Crippen LogP contribution in [0.15, 0.2) is 24.3 Å². The molecular weight excluding hydrogens is 656 g/mol. The number of aliphatic hydroxyl groups is 5. The van der Waals surface area contributed by atoms with E-state index in [0.717, 1.165) is 22.3 Å². The number of thioether (sulfide) groups is 2. The molecule has 0 saturated heterocycles. The fourth-order valence-corrected chi connectivity index (χ4v) is 13.0. The van der Waals surface area contributed by atoms with Crippen molar-refractivity contribution in [2.24, 2.45) is 5.92 Å². The lowest BCUT2D eigenvalue weighted by Crippen LogP contribution is -2.48. The first-order valence-corrected chi connectivity index (χ1v) is 22.4. The molecule has 0 saturated carbocycles. The highest BCUT2D eigenvalue weighted by Crippen LogP contribution is 2.63. The maximum atomic E-state index is 10.4. The van der Waals surface area contributed by atoms with Gasteiger partial charge in [0.05, 0.1) is 37.4 Å². The van der Waals surface area contributed by atoms with Gasteiger partial charge in [-0.25, -0.2) is 0 Å². The lowest BCUT2D eigenvalue weighted by atomic mass is 9.89. The molecule has 0 bridgehead atoms. The van der Waals surface area contributed by atoms with E-state index in [9.17, 15) is 25.5 Å². The molecule has 46 heavy (non-hydrogen) atoms. The van der Waals surface area contributed by atoms with Crippen molar-refractivity contribution in [1.29, 1.82) is 0 Å². The zero-order valence-corrected chi connectivity index (χ0v) is 33.0. The summed E-state index contributed by atoms with van der Waals surface area (Å²) in [4.78, 5) is 0. The van der Waals surface area contributed by atoms with E-state index in [4.69, 9.17) is 17.0 Å². The van der Waals surface area contributed by atoms with E-state index in [0.29, 0.717) is 5.92 Å². The molecule has 6 nitrogen and oxygen atoms in total. The molecule has 0 spiro atoms. The summed E-state index contributed by atoms with van der Waals surface area (Å²) in [6.45, 7) is 12.8. The van der Waals surface area contributed by atoms with Crippen LogP contribution in [0.1, 0.15) is 116 Å². The first-order chi connectivity index (χ1) is 21.8. The normalized spacial score (nSPS) is 16.5. The molecular formula is C36H66O6PS3+. The largest absolute Gasteiger partial charge is 0.396 e. The molecule has 1 aromatic rings. The lowest BCUT2D eigenvalue weighted by molar-refractivity contribution is -0.206. The summed E-state index contributed by atoms with van der Waals surface area (Å²) in [6.07, 6.45) is 11.1. The van der Waals surface area contributed by atoms with Gasteiger partial charge in [-0.15, -0.1) is 23.5 Å². The highest BCUT2D eigenvalue weighted by atomic mass is 32.2. The molecule has 0 radical (unpaired) electrons. The Morgan fingerprint density at radius 3 is 1.87 bits per heavy atom. The average molecular weight is 722 g/mol. The molecule has 0 aliphatic carbocycles. The Morgan fingerprint density at radius 1 is 0.826 bits per heavy atom. The monoisotopic (exact) mass is 721 g/mol. The fourth-order valence-electron chi connectivity index (χ4n) is 5.88. The molecule has 0 aromatic heterocycles. The molecule has 1 rings (SSSR count). The van der Waals surface area contributed by atoms with E-state index in [1.165, 1.54) is 74.8 Å². The highest BCUT2D eigenvalue weighted by Gasteiger charge is 2.37. The molecule has 1 aromatic carbocycles. The van der Waals surface area contributed by atoms with Crippen LogP contribution < -0.4 is 0 Å².